The molecule has 38 heavy (non-hydrogen) atoms. The van der Waals surface area contributed by atoms with Gasteiger partial charge in [-0.25, -0.2) is 8.78 Å². The number of nitrogens with zero attached hydrogens (tertiary/aromatic N) is 5. The predicted molar refractivity (Wildman–Crippen MR) is 144 cm³/mol. The minimum absolute atomic E-state index is 0.0123. The molecule has 0 aliphatic carbocycles. The van der Waals surface area contributed by atoms with Crippen LogP contribution in [0.3, 0.4) is 0 Å². The molecule has 0 bridgehead atoms. The van der Waals surface area contributed by atoms with Gasteiger partial charge in [0.1, 0.15) is 22.8 Å². The lowest BCUT2D eigenvalue weighted by atomic mass is 9.95. The monoisotopic (exact) mass is 517 g/mol. The Bertz CT molecular complexity index is 1570. The number of ether oxygens (including phenoxy) is 1. The van der Waals surface area contributed by atoms with Crippen LogP contribution < -0.4 is 9.64 Å². The second kappa shape index (κ2) is 9.96. The fraction of sp³-hybridized carbons (Fsp3) is 0.310. The van der Waals surface area contributed by atoms with Crippen LogP contribution in [0.4, 0.5) is 14.6 Å². The molecule has 0 spiro atoms. The highest BCUT2D eigenvalue weighted by Crippen LogP contribution is 2.37. The molecule has 0 saturated carbocycles. The van der Waals surface area contributed by atoms with Crippen LogP contribution in [0.25, 0.3) is 32.9 Å². The summed E-state index contributed by atoms with van der Waals surface area (Å²) >= 11 is 0. The number of likely N-dealkylation sites (tertiary alicyclic amines) is 1. The lowest BCUT2D eigenvalue weighted by Gasteiger charge is -2.31. The van der Waals surface area contributed by atoms with Gasteiger partial charge in [0, 0.05) is 31.4 Å². The Morgan fingerprint density at radius 2 is 2.05 bits per heavy atom. The fourth-order valence-corrected chi connectivity index (χ4v) is 5.57. The first-order valence-electron chi connectivity index (χ1n) is 12.6. The van der Waals surface area contributed by atoms with Gasteiger partial charge in [0.15, 0.2) is 5.82 Å². The van der Waals surface area contributed by atoms with Crippen LogP contribution in [0.2, 0.25) is 0 Å². The van der Waals surface area contributed by atoms with Crippen LogP contribution in [-0.2, 0) is 11.2 Å². The maximum Gasteiger partial charge on any atom is 0.318 e. The van der Waals surface area contributed by atoms with Crippen LogP contribution in [-0.4, -0.2) is 58.5 Å². The van der Waals surface area contributed by atoms with E-state index in [1.165, 1.54) is 19.3 Å². The number of fused-ring (bicyclic) bond motifs is 2. The van der Waals surface area contributed by atoms with Gasteiger partial charge in [-0.05, 0) is 48.2 Å². The second-order valence-corrected chi connectivity index (χ2v) is 9.44. The second-order valence-electron chi connectivity index (χ2n) is 9.44. The molecule has 7 nitrogen and oxygen atoms in total. The summed E-state index contributed by atoms with van der Waals surface area (Å²) in [6.45, 7) is 8.01. The number of carbonyl (C=O) groups excluding carboxylic acids is 1. The number of carbonyl (C=O) groups is 1. The highest BCUT2D eigenvalue weighted by atomic mass is 19.1. The number of benzene rings is 2. The zero-order chi connectivity index (χ0) is 27.1. The normalized spacial score (nSPS) is 17.3. The number of anilines is 1. The van der Waals surface area contributed by atoms with Crippen molar-refractivity contribution in [3.63, 3.8) is 0 Å². The van der Waals surface area contributed by atoms with Gasteiger partial charge >= 0.3 is 6.01 Å². The topological polar surface area (TPSA) is 71.5 Å². The van der Waals surface area contributed by atoms with Crippen LogP contribution in [0, 0.1) is 11.6 Å². The van der Waals surface area contributed by atoms with E-state index in [9.17, 15) is 9.18 Å². The van der Waals surface area contributed by atoms with E-state index in [1.54, 1.807) is 29.3 Å². The number of aromatic nitrogens is 3. The molecule has 0 radical (unpaired) electrons. The summed E-state index contributed by atoms with van der Waals surface area (Å²) in [6.07, 6.45) is 4.02. The summed E-state index contributed by atoms with van der Waals surface area (Å²) in [5.41, 5.74) is 1.14. The molecule has 2 atom stereocenters. The van der Waals surface area contributed by atoms with Gasteiger partial charge < -0.3 is 14.5 Å². The van der Waals surface area contributed by atoms with Crippen LogP contribution >= 0.6 is 0 Å². The molecular formula is C29H29F2N5O2. The van der Waals surface area contributed by atoms with E-state index in [2.05, 4.69) is 21.5 Å². The molecule has 1 aliphatic heterocycles. The average molecular weight is 518 g/mol. The molecule has 1 aliphatic rings. The van der Waals surface area contributed by atoms with E-state index in [0.717, 1.165) is 5.39 Å². The van der Waals surface area contributed by atoms with E-state index in [0.29, 0.717) is 47.1 Å². The molecule has 196 valence electrons. The highest BCUT2D eigenvalue weighted by Gasteiger charge is 2.36. The van der Waals surface area contributed by atoms with Crippen LogP contribution in [0.5, 0.6) is 6.01 Å². The summed E-state index contributed by atoms with van der Waals surface area (Å²) in [4.78, 5) is 29.3. The van der Waals surface area contributed by atoms with Crippen molar-refractivity contribution < 1.29 is 18.3 Å². The van der Waals surface area contributed by atoms with Gasteiger partial charge in [-0.15, -0.1) is 0 Å². The van der Waals surface area contributed by atoms with Gasteiger partial charge in [-0.3, -0.25) is 9.78 Å². The zero-order valence-corrected chi connectivity index (χ0v) is 21.8. The lowest BCUT2D eigenvalue weighted by molar-refractivity contribution is -0.126. The standard InChI is InChI=1S/C29H29F2N5O2/c1-6-18-21(30)12-11-17-9-8-10-19(24(17)18)26-25(31)27-20(15-32-26)28(34-29(33-27)38-5)35(4)22-13-14-36(16(22)3)23(37)7-2/h7-12,15-16,22H,2,6,13-14H2,1,3-5H3. The number of rotatable bonds is 6. The number of amides is 1. The molecule has 0 N–H and O–H groups in total. The van der Waals surface area contributed by atoms with Crippen molar-refractivity contribution in [2.45, 2.75) is 38.8 Å². The fourth-order valence-electron chi connectivity index (χ4n) is 5.57. The smallest absolute Gasteiger partial charge is 0.318 e. The Morgan fingerprint density at radius 3 is 2.76 bits per heavy atom. The predicted octanol–water partition coefficient (Wildman–Crippen LogP) is 5.31. The summed E-state index contributed by atoms with van der Waals surface area (Å²) in [5, 5.41) is 1.85. The Labute approximate surface area is 219 Å². The Hall–Kier alpha value is -4.14. The van der Waals surface area contributed by atoms with Gasteiger partial charge in [0.25, 0.3) is 0 Å². The number of hydrogen-bond acceptors (Lipinski definition) is 6. The molecule has 2 aromatic carbocycles. The first-order valence-corrected chi connectivity index (χ1v) is 12.6. The van der Waals surface area contributed by atoms with E-state index in [-0.39, 0.29) is 41.0 Å². The SMILES string of the molecule is C=CC(=O)N1CCC(N(C)c2nc(OC)nc3c(F)c(-c4cccc5ccc(F)c(CC)c45)ncc23)C1C. The van der Waals surface area contributed by atoms with Gasteiger partial charge in [-0.2, -0.15) is 9.97 Å². The van der Waals surface area contributed by atoms with Crippen molar-refractivity contribution in [1.29, 1.82) is 0 Å². The molecule has 4 aromatic rings. The van der Waals surface area contributed by atoms with E-state index < -0.39 is 5.82 Å². The summed E-state index contributed by atoms with van der Waals surface area (Å²) in [6, 6.07) is 8.37. The largest absolute Gasteiger partial charge is 0.467 e. The quantitative estimate of drug-likeness (QED) is 0.323. The molecule has 2 unspecified atom stereocenters. The first kappa shape index (κ1) is 25.5. The third-order valence-corrected chi connectivity index (χ3v) is 7.53. The van der Waals surface area contributed by atoms with Gasteiger partial charge in [-0.1, -0.05) is 37.8 Å². The van der Waals surface area contributed by atoms with Crippen LogP contribution in [0.15, 0.2) is 49.2 Å². The summed E-state index contributed by atoms with van der Waals surface area (Å²) in [5.74, 6) is -0.655. The third kappa shape index (κ3) is 4.02. The van der Waals surface area contributed by atoms with E-state index >= 15 is 4.39 Å². The van der Waals surface area contributed by atoms with Crippen molar-refractivity contribution in [3.05, 3.63) is 66.4 Å². The van der Waals surface area contributed by atoms with Crippen molar-refractivity contribution in [3.8, 4) is 17.3 Å². The van der Waals surface area contributed by atoms with E-state index in [1.807, 2.05) is 31.9 Å². The number of pyridine rings is 1. The maximum atomic E-state index is 16.3. The summed E-state index contributed by atoms with van der Waals surface area (Å²) in [7, 11) is 3.28. The molecule has 1 saturated heterocycles. The van der Waals surface area contributed by atoms with E-state index in [4.69, 9.17) is 4.74 Å². The molecular weight excluding hydrogens is 488 g/mol. The van der Waals surface area contributed by atoms with Crippen molar-refractivity contribution in [2.75, 3.05) is 25.6 Å². The summed E-state index contributed by atoms with van der Waals surface area (Å²) < 4.78 is 36.3. The Balaban J connectivity index is 1.67. The zero-order valence-electron chi connectivity index (χ0n) is 21.8. The Morgan fingerprint density at radius 1 is 1.26 bits per heavy atom. The number of halogens is 2. The minimum Gasteiger partial charge on any atom is -0.467 e. The maximum absolute atomic E-state index is 16.3. The Kier molecular flexibility index (Phi) is 6.69. The molecule has 9 heteroatoms. The molecule has 1 amide bonds. The van der Waals surface area contributed by atoms with Crippen molar-refractivity contribution in [1.82, 2.24) is 19.9 Å². The van der Waals surface area contributed by atoms with Crippen molar-refractivity contribution in [2.24, 2.45) is 0 Å². The molecule has 5 rings (SSSR count). The number of likely N-dealkylation sites (N-methyl/N-ethyl adjacent to an activating group) is 1. The van der Waals surface area contributed by atoms with Gasteiger partial charge in [0.2, 0.25) is 5.91 Å². The van der Waals surface area contributed by atoms with Gasteiger partial charge in [0.05, 0.1) is 18.5 Å². The van der Waals surface area contributed by atoms with Crippen LogP contribution in [0.1, 0.15) is 25.8 Å². The van der Waals surface area contributed by atoms with Crippen molar-refractivity contribution >= 4 is 33.4 Å². The lowest BCUT2D eigenvalue weighted by Crippen LogP contribution is -2.43. The average Bonchev–Trinajstić information content (AvgIpc) is 3.32. The molecule has 1 fully saturated rings. The molecule has 3 heterocycles. The highest BCUT2D eigenvalue weighted by molar-refractivity contribution is 6.01. The minimum atomic E-state index is -0.639. The molecule has 2 aromatic heterocycles. The number of aryl methyl sites for hydroxylation is 1. The third-order valence-electron chi connectivity index (χ3n) is 7.53. The first-order chi connectivity index (χ1) is 18.3. The number of hydrogen-bond donors (Lipinski definition) is 0. The number of methoxy groups -OCH3 is 1.